The third kappa shape index (κ3) is 4.33. The third-order valence-electron chi connectivity index (χ3n) is 5.99. The summed E-state index contributed by atoms with van der Waals surface area (Å²) in [4.78, 5) is 28.2. The Bertz CT molecular complexity index is 1300. The fraction of sp³-hybridized carbons (Fsp3) is 0.214. The Balaban J connectivity index is 1.97. The molecule has 180 valence electrons. The number of para-hydroxylation sites is 1. The van der Waals surface area contributed by atoms with Crippen LogP contribution in [0.1, 0.15) is 29.7 Å². The predicted molar refractivity (Wildman–Crippen MR) is 133 cm³/mol. The Morgan fingerprint density at radius 1 is 0.943 bits per heavy atom. The van der Waals surface area contributed by atoms with Crippen LogP contribution in [0.2, 0.25) is 0 Å². The van der Waals surface area contributed by atoms with Crippen LogP contribution in [0.25, 0.3) is 5.76 Å². The van der Waals surface area contributed by atoms with E-state index in [0.29, 0.717) is 35.1 Å². The van der Waals surface area contributed by atoms with E-state index in [1.54, 1.807) is 48.5 Å². The fourth-order valence-corrected chi connectivity index (χ4v) is 4.29. The first-order chi connectivity index (χ1) is 16.9. The summed E-state index contributed by atoms with van der Waals surface area (Å²) in [6.07, 6.45) is 0. The minimum absolute atomic E-state index is 0.0334. The lowest BCUT2D eigenvalue weighted by atomic mass is 9.94. The molecule has 0 radical (unpaired) electrons. The molecule has 4 rings (SSSR count). The van der Waals surface area contributed by atoms with Gasteiger partial charge in [-0.2, -0.15) is 0 Å². The first-order valence-electron chi connectivity index (χ1n) is 11.2. The molecular weight excluding hydrogens is 446 g/mol. The summed E-state index contributed by atoms with van der Waals surface area (Å²) >= 11 is 0. The van der Waals surface area contributed by atoms with Crippen LogP contribution in [0.3, 0.4) is 0 Å². The number of hydrogen-bond donors (Lipinski definition) is 1. The number of methoxy groups -OCH3 is 2. The highest BCUT2D eigenvalue weighted by Crippen LogP contribution is 2.44. The highest BCUT2D eigenvalue weighted by atomic mass is 16.5. The van der Waals surface area contributed by atoms with Gasteiger partial charge in [-0.15, -0.1) is 0 Å². The zero-order valence-corrected chi connectivity index (χ0v) is 20.1. The van der Waals surface area contributed by atoms with Crippen molar-refractivity contribution in [3.05, 3.63) is 89.0 Å². The van der Waals surface area contributed by atoms with Gasteiger partial charge in [-0.25, -0.2) is 0 Å². The maximum atomic E-state index is 13.4. The molecule has 0 bridgehead atoms. The second-order valence-corrected chi connectivity index (χ2v) is 8.02. The van der Waals surface area contributed by atoms with Crippen molar-refractivity contribution in [2.45, 2.75) is 19.9 Å². The minimum Gasteiger partial charge on any atom is -0.507 e. The van der Waals surface area contributed by atoms with Gasteiger partial charge in [0.05, 0.1) is 38.0 Å². The van der Waals surface area contributed by atoms with Crippen LogP contribution in [-0.2, 0) is 9.59 Å². The van der Waals surface area contributed by atoms with Gasteiger partial charge in [-0.05, 0) is 61.4 Å². The number of hydrogen-bond acceptors (Lipinski definition) is 6. The Hall–Kier alpha value is -4.26. The van der Waals surface area contributed by atoms with E-state index >= 15 is 0 Å². The van der Waals surface area contributed by atoms with Gasteiger partial charge in [-0.3, -0.25) is 14.5 Å². The summed E-state index contributed by atoms with van der Waals surface area (Å²) in [7, 11) is 2.97. The van der Waals surface area contributed by atoms with Crippen molar-refractivity contribution in [2.75, 3.05) is 25.7 Å². The quantitative estimate of drug-likeness (QED) is 0.294. The van der Waals surface area contributed by atoms with Crippen LogP contribution in [-0.4, -0.2) is 37.6 Å². The summed E-state index contributed by atoms with van der Waals surface area (Å²) in [6, 6.07) is 18.5. The average Bonchev–Trinajstić information content (AvgIpc) is 3.14. The first-order valence-corrected chi connectivity index (χ1v) is 11.2. The summed E-state index contributed by atoms with van der Waals surface area (Å²) in [6.45, 7) is 4.27. The number of anilines is 1. The van der Waals surface area contributed by atoms with Crippen molar-refractivity contribution < 1.29 is 28.9 Å². The molecule has 0 saturated carbocycles. The van der Waals surface area contributed by atoms with Gasteiger partial charge in [0.2, 0.25) is 0 Å². The van der Waals surface area contributed by atoms with Crippen LogP contribution in [0.4, 0.5) is 5.69 Å². The molecule has 3 aromatic rings. The molecule has 1 unspecified atom stereocenters. The maximum absolute atomic E-state index is 13.4. The van der Waals surface area contributed by atoms with E-state index in [0.717, 1.165) is 5.56 Å². The molecular formula is C28H27NO6. The highest BCUT2D eigenvalue weighted by molar-refractivity contribution is 6.51. The SMILES string of the molecule is CCOc1ccc(C2/C(=C(\O)c3cc(OC)ccc3OC)C(=O)C(=O)N2c2ccccc2C)cc1. The number of nitrogens with zero attached hydrogens (tertiary/aromatic N) is 1. The molecule has 35 heavy (non-hydrogen) atoms. The van der Waals surface area contributed by atoms with Crippen LogP contribution in [0.5, 0.6) is 17.2 Å². The molecule has 1 heterocycles. The normalized spacial score (nSPS) is 16.9. The summed E-state index contributed by atoms with van der Waals surface area (Å²) in [5, 5.41) is 11.5. The topological polar surface area (TPSA) is 85.3 Å². The standard InChI is InChI=1S/C28H27NO6/c1-5-35-19-12-10-18(11-13-19)25-24(26(30)21-16-20(33-3)14-15-23(21)34-4)27(31)28(32)29(25)22-9-7-6-8-17(22)2/h6-16,25,30H,5H2,1-4H3/b26-24+. The second kappa shape index (κ2) is 9.93. The largest absolute Gasteiger partial charge is 0.507 e. The van der Waals surface area contributed by atoms with Crippen LogP contribution in [0.15, 0.2) is 72.3 Å². The molecule has 1 aliphatic rings. The van der Waals surface area contributed by atoms with Gasteiger partial charge < -0.3 is 19.3 Å². The maximum Gasteiger partial charge on any atom is 0.300 e. The lowest BCUT2D eigenvalue weighted by Gasteiger charge is -2.27. The molecule has 1 fully saturated rings. The molecule has 0 aromatic heterocycles. The number of aliphatic hydroxyl groups excluding tert-OH is 1. The number of aryl methyl sites for hydroxylation is 1. The van der Waals surface area contributed by atoms with Gasteiger partial charge in [0.1, 0.15) is 23.0 Å². The van der Waals surface area contributed by atoms with Crippen LogP contribution in [0, 0.1) is 6.92 Å². The van der Waals surface area contributed by atoms with Gasteiger partial charge in [0.15, 0.2) is 0 Å². The number of carbonyl (C=O) groups is 2. The summed E-state index contributed by atoms with van der Waals surface area (Å²) in [5.74, 6) is -0.363. The Kier molecular flexibility index (Phi) is 6.78. The number of benzene rings is 3. The number of aliphatic hydroxyl groups is 1. The molecule has 0 spiro atoms. The highest BCUT2D eigenvalue weighted by Gasteiger charge is 2.47. The van der Waals surface area contributed by atoms with Crippen molar-refractivity contribution in [3.8, 4) is 17.2 Å². The van der Waals surface area contributed by atoms with E-state index in [-0.39, 0.29) is 16.9 Å². The van der Waals surface area contributed by atoms with E-state index in [9.17, 15) is 14.7 Å². The van der Waals surface area contributed by atoms with Crippen molar-refractivity contribution in [1.82, 2.24) is 0 Å². The van der Waals surface area contributed by atoms with Gasteiger partial charge >= 0.3 is 0 Å². The zero-order valence-electron chi connectivity index (χ0n) is 20.1. The van der Waals surface area contributed by atoms with Gasteiger partial charge in [0, 0.05) is 5.69 Å². The Morgan fingerprint density at radius 2 is 1.63 bits per heavy atom. The lowest BCUT2D eigenvalue weighted by molar-refractivity contribution is -0.132. The molecule has 1 aliphatic heterocycles. The number of carbonyl (C=O) groups excluding carboxylic acids is 2. The number of Topliss-reactive ketones (excluding diaryl/α,β-unsaturated/α-hetero) is 1. The van der Waals surface area contributed by atoms with Crippen molar-refractivity contribution in [1.29, 1.82) is 0 Å². The van der Waals surface area contributed by atoms with Crippen molar-refractivity contribution in [3.63, 3.8) is 0 Å². The minimum atomic E-state index is -0.859. The fourth-order valence-electron chi connectivity index (χ4n) is 4.29. The Labute approximate surface area is 204 Å². The van der Waals surface area contributed by atoms with Crippen LogP contribution < -0.4 is 19.1 Å². The number of ether oxygens (including phenoxy) is 3. The van der Waals surface area contributed by atoms with E-state index in [2.05, 4.69) is 0 Å². The second-order valence-electron chi connectivity index (χ2n) is 8.02. The third-order valence-corrected chi connectivity index (χ3v) is 5.99. The van der Waals surface area contributed by atoms with Gasteiger partial charge in [0.25, 0.3) is 11.7 Å². The summed E-state index contributed by atoms with van der Waals surface area (Å²) in [5.41, 5.74) is 2.29. The number of amides is 1. The number of rotatable bonds is 7. The van der Waals surface area contributed by atoms with E-state index in [1.165, 1.54) is 19.1 Å². The van der Waals surface area contributed by atoms with Crippen LogP contribution >= 0.6 is 0 Å². The molecule has 3 aromatic carbocycles. The average molecular weight is 474 g/mol. The molecule has 0 aliphatic carbocycles. The molecule has 1 N–H and O–H groups in total. The zero-order chi connectivity index (χ0) is 25.1. The van der Waals surface area contributed by atoms with E-state index in [4.69, 9.17) is 14.2 Å². The smallest absolute Gasteiger partial charge is 0.300 e. The van der Waals surface area contributed by atoms with E-state index < -0.39 is 17.7 Å². The summed E-state index contributed by atoms with van der Waals surface area (Å²) < 4.78 is 16.3. The first kappa shape index (κ1) is 23.9. The molecule has 1 atom stereocenters. The molecule has 7 heteroatoms. The molecule has 7 nitrogen and oxygen atoms in total. The Morgan fingerprint density at radius 3 is 2.26 bits per heavy atom. The number of ketones is 1. The van der Waals surface area contributed by atoms with E-state index in [1.807, 2.05) is 32.0 Å². The predicted octanol–water partition coefficient (Wildman–Crippen LogP) is 5.04. The van der Waals surface area contributed by atoms with Crippen molar-refractivity contribution in [2.24, 2.45) is 0 Å². The lowest BCUT2D eigenvalue weighted by Crippen LogP contribution is -2.30. The van der Waals surface area contributed by atoms with Crippen molar-refractivity contribution >= 4 is 23.1 Å². The molecule has 1 saturated heterocycles. The monoisotopic (exact) mass is 473 g/mol. The molecule has 1 amide bonds. The van der Waals surface area contributed by atoms with Gasteiger partial charge in [-0.1, -0.05) is 30.3 Å².